The molecule has 282 valence electrons. The van der Waals surface area contributed by atoms with Gasteiger partial charge in [0.1, 0.15) is 11.2 Å². The third-order valence-corrected chi connectivity index (χ3v) is 12.5. The van der Waals surface area contributed by atoms with E-state index in [2.05, 4.69) is 184 Å². The highest BCUT2D eigenvalue weighted by atomic mass is 16.3. The van der Waals surface area contributed by atoms with E-state index in [1.165, 1.54) is 49.4 Å². The monoisotopic (exact) mass is 767 g/mol. The number of hydrogen-bond acceptors (Lipinski definition) is 4. The molecule has 0 atom stereocenters. The van der Waals surface area contributed by atoms with Crippen molar-refractivity contribution in [2.24, 2.45) is 0 Å². The van der Waals surface area contributed by atoms with Gasteiger partial charge in [-0.05, 0) is 96.4 Å². The second-order valence-electron chi connectivity index (χ2n) is 16.4. The van der Waals surface area contributed by atoms with Crippen molar-refractivity contribution in [1.82, 2.24) is 15.0 Å². The van der Waals surface area contributed by atoms with Crippen molar-refractivity contribution in [2.45, 2.75) is 19.3 Å². The number of aromatic nitrogens is 3. The maximum atomic E-state index is 6.47. The van der Waals surface area contributed by atoms with E-state index in [4.69, 9.17) is 19.4 Å². The summed E-state index contributed by atoms with van der Waals surface area (Å²) in [6.07, 6.45) is 0. The molecule has 2 heterocycles. The van der Waals surface area contributed by atoms with Gasteiger partial charge in [0.25, 0.3) is 0 Å². The van der Waals surface area contributed by atoms with Crippen molar-refractivity contribution in [3.8, 4) is 67.5 Å². The van der Waals surface area contributed by atoms with Gasteiger partial charge in [-0.3, -0.25) is 0 Å². The van der Waals surface area contributed by atoms with Crippen molar-refractivity contribution >= 4 is 43.5 Å². The van der Waals surface area contributed by atoms with Crippen LogP contribution in [0.4, 0.5) is 0 Å². The molecule has 0 unspecified atom stereocenters. The molecule has 4 nitrogen and oxygen atoms in total. The van der Waals surface area contributed by atoms with E-state index in [0.717, 1.165) is 55.3 Å². The zero-order chi connectivity index (χ0) is 40.0. The Morgan fingerprint density at radius 1 is 0.350 bits per heavy atom. The Morgan fingerprint density at radius 2 is 0.917 bits per heavy atom. The van der Waals surface area contributed by atoms with E-state index >= 15 is 0 Å². The van der Waals surface area contributed by atoms with E-state index in [0.29, 0.717) is 17.5 Å². The van der Waals surface area contributed by atoms with Gasteiger partial charge in [-0.1, -0.05) is 172 Å². The molecule has 0 N–H and O–H groups in total. The van der Waals surface area contributed by atoms with Gasteiger partial charge in [0.05, 0.1) is 0 Å². The summed E-state index contributed by atoms with van der Waals surface area (Å²) in [6, 6.07) is 66.8. The molecule has 60 heavy (non-hydrogen) atoms. The molecule has 1 aliphatic carbocycles. The molecule has 0 radical (unpaired) electrons. The lowest BCUT2D eigenvalue weighted by Crippen LogP contribution is -2.14. The van der Waals surface area contributed by atoms with E-state index in [-0.39, 0.29) is 5.41 Å². The quantitative estimate of drug-likeness (QED) is 0.164. The van der Waals surface area contributed by atoms with Crippen LogP contribution in [0.5, 0.6) is 0 Å². The molecule has 12 rings (SSSR count). The molecular formula is C56H37N3O. The Kier molecular flexibility index (Phi) is 7.54. The van der Waals surface area contributed by atoms with E-state index < -0.39 is 0 Å². The van der Waals surface area contributed by atoms with Gasteiger partial charge < -0.3 is 4.42 Å². The average Bonchev–Trinajstić information content (AvgIpc) is 3.80. The first kappa shape index (κ1) is 34.4. The van der Waals surface area contributed by atoms with Crippen LogP contribution >= 0.6 is 0 Å². The number of nitrogens with zero attached hydrogens (tertiary/aromatic N) is 3. The lowest BCUT2D eigenvalue weighted by atomic mass is 9.82. The van der Waals surface area contributed by atoms with Crippen LogP contribution in [0.1, 0.15) is 25.0 Å². The van der Waals surface area contributed by atoms with Crippen molar-refractivity contribution in [3.63, 3.8) is 0 Å². The van der Waals surface area contributed by atoms with Crippen LogP contribution < -0.4 is 0 Å². The molecule has 9 aromatic carbocycles. The molecular weight excluding hydrogens is 731 g/mol. The lowest BCUT2D eigenvalue weighted by Gasteiger charge is -2.21. The minimum absolute atomic E-state index is 0.0754. The molecule has 0 saturated carbocycles. The van der Waals surface area contributed by atoms with Gasteiger partial charge in [-0.15, -0.1) is 0 Å². The summed E-state index contributed by atoms with van der Waals surface area (Å²) in [7, 11) is 0. The van der Waals surface area contributed by atoms with Crippen molar-refractivity contribution in [2.75, 3.05) is 0 Å². The SMILES string of the molecule is CC1(C)c2ccccc2-c2cc(-c3nc(-c4ccccc4)nc(-c4ccc(-c5cccc6oc7ccc(-c8ccc9ccc%10ccccc%10c9c8)cc7c56)cc4)n3)ccc21. The maximum absolute atomic E-state index is 6.47. The summed E-state index contributed by atoms with van der Waals surface area (Å²) in [4.78, 5) is 15.3. The first-order valence-corrected chi connectivity index (χ1v) is 20.5. The van der Waals surface area contributed by atoms with E-state index in [1.54, 1.807) is 0 Å². The van der Waals surface area contributed by atoms with Gasteiger partial charge in [-0.2, -0.15) is 0 Å². The van der Waals surface area contributed by atoms with Crippen LogP contribution in [-0.2, 0) is 5.41 Å². The van der Waals surface area contributed by atoms with Crippen LogP contribution in [-0.4, -0.2) is 15.0 Å². The number of rotatable bonds is 5. The molecule has 2 aromatic heterocycles. The van der Waals surface area contributed by atoms with Crippen LogP contribution in [0.25, 0.3) is 111 Å². The number of fused-ring (bicyclic) bond motifs is 9. The fraction of sp³-hybridized carbons (Fsp3) is 0.0536. The molecule has 1 aliphatic rings. The highest BCUT2D eigenvalue weighted by Gasteiger charge is 2.35. The van der Waals surface area contributed by atoms with E-state index in [9.17, 15) is 0 Å². The van der Waals surface area contributed by atoms with E-state index in [1.807, 2.05) is 18.2 Å². The van der Waals surface area contributed by atoms with Gasteiger partial charge in [0, 0.05) is 32.9 Å². The minimum Gasteiger partial charge on any atom is -0.456 e. The summed E-state index contributed by atoms with van der Waals surface area (Å²) in [5.74, 6) is 1.93. The zero-order valence-corrected chi connectivity index (χ0v) is 33.1. The number of benzene rings is 9. The molecule has 0 saturated heterocycles. The minimum atomic E-state index is -0.0754. The third kappa shape index (κ3) is 5.41. The third-order valence-electron chi connectivity index (χ3n) is 12.5. The summed E-state index contributed by atoms with van der Waals surface area (Å²) in [5.41, 5.74) is 14.2. The molecule has 0 spiro atoms. The number of furan rings is 1. The van der Waals surface area contributed by atoms with Crippen LogP contribution in [0.2, 0.25) is 0 Å². The molecule has 0 aliphatic heterocycles. The Hall–Kier alpha value is -7.69. The van der Waals surface area contributed by atoms with Gasteiger partial charge in [0.2, 0.25) is 0 Å². The second kappa shape index (κ2) is 13.2. The normalized spacial score (nSPS) is 13.0. The Morgan fingerprint density at radius 3 is 1.73 bits per heavy atom. The molecule has 11 aromatic rings. The fourth-order valence-corrected chi connectivity index (χ4v) is 9.44. The molecule has 4 heteroatoms. The zero-order valence-electron chi connectivity index (χ0n) is 33.1. The summed E-state index contributed by atoms with van der Waals surface area (Å²) in [6.45, 7) is 4.60. The van der Waals surface area contributed by atoms with Gasteiger partial charge in [0.15, 0.2) is 17.5 Å². The van der Waals surface area contributed by atoms with Crippen molar-refractivity contribution in [1.29, 1.82) is 0 Å². The first-order chi connectivity index (χ1) is 29.5. The Labute approximate surface area is 347 Å². The van der Waals surface area contributed by atoms with Crippen LogP contribution in [0.15, 0.2) is 192 Å². The van der Waals surface area contributed by atoms with Gasteiger partial charge in [-0.25, -0.2) is 15.0 Å². The predicted octanol–water partition coefficient (Wildman–Crippen LogP) is 14.7. The predicted molar refractivity (Wildman–Crippen MR) is 247 cm³/mol. The maximum Gasteiger partial charge on any atom is 0.164 e. The highest BCUT2D eigenvalue weighted by molar-refractivity contribution is 6.14. The van der Waals surface area contributed by atoms with Crippen molar-refractivity contribution in [3.05, 3.63) is 199 Å². The second-order valence-corrected chi connectivity index (χ2v) is 16.4. The fourth-order valence-electron chi connectivity index (χ4n) is 9.44. The number of hydrogen-bond donors (Lipinski definition) is 0. The standard InChI is InChI=1S/C56H37N3O/c1-56(2)48-17-9-8-15-44(48)46-33-41(27-29-49(46)56)55-58-53(37-12-4-3-5-13-37)57-54(59-55)38-24-21-35(22-25-38)43-16-10-18-51-52(43)47-32-40(28-30-50(47)60-51)39-26-23-36-20-19-34-11-6-7-14-42(34)45(36)31-39/h3-33H,1-2H3. The largest absolute Gasteiger partial charge is 0.456 e. The highest BCUT2D eigenvalue weighted by Crippen LogP contribution is 2.49. The molecule has 0 fully saturated rings. The van der Waals surface area contributed by atoms with Crippen LogP contribution in [0, 0.1) is 0 Å². The smallest absolute Gasteiger partial charge is 0.164 e. The summed E-state index contributed by atoms with van der Waals surface area (Å²) < 4.78 is 6.47. The Balaban J connectivity index is 0.946. The first-order valence-electron chi connectivity index (χ1n) is 20.5. The summed E-state index contributed by atoms with van der Waals surface area (Å²) >= 11 is 0. The topological polar surface area (TPSA) is 51.8 Å². The molecule has 0 amide bonds. The van der Waals surface area contributed by atoms with Gasteiger partial charge >= 0.3 is 0 Å². The molecule has 0 bridgehead atoms. The van der Waals surface area contributed by atoms with Crippen molar-refractivity contribution < 1.29 is 4.42 Å². The summed E-state index contributed by atoms with van der Waals surface area (Å²) in [5, 5.41) is 7.20. The average molecular weight is 768 g/mol. The Bertz CT molecular complexity index is 3510. The van der Waals surface area contributed by atoms with Crippen LogP contribution in [0.3, 0.4) is 0 Å². The lowest BCUT2D eigenvalue weighted by molar-refractivity contribution is 0.660.